The first-order valence-electron chi connectivity index (χ1n) is 8.11. The first-order valence-corrected chi connectivity index (χ1v) is 8.11. The lowest BCUT2D eigenvalue weighted by molar-refractivity contribution is -0.105. The normalized spacial score (nSPS) is 17.3. The van der Waals surface area contributed by atoms with Crippen LogP contribution in [0.5, 0.6) is 11.5 Å². The number of phenols is 1. The van der Waals surface area contributed by atoms with E-state index in [2.05, 4.69) is 0 Å². The molecule has 25 heavy (non-hydrogen) atoms. The average Bonchev–Trinajstić information content (AvgIpc) is 2.56. The Kier molecular flexibility index (Phi) is 5.28. The van der Waals surface area contributed by atoms with Gasteiger partial charge in [0.05, 0.1) is 12.2 Å². The van der Waals surface area contributed by atoms with Crippen molar-refractivity contribution in [2.45, 2.75) is 32.0 Å². The Morgan fingerprint density at radius 2 is 1.92 bits per heavy atom. The van der Waals surface area contributed by atoms with Crippen LogP contribution in [0.3, 0.4) is 0 Å². The Labute approximate surface area is 144 Å². The molecule has 1 fully saturated rings. The molecule has 0 aromatic heterocycles. The molecule has 1 atom stereocenters. The minimum Gasteiger partial charge on any atom is -0.507 e. The van der Waals surface area contributed by atoms with Gasteiger partial charge in [-0.1, -0.05) is 0 Å². The molecule has 2 aromatic rings. The maximum absolute atomic E-state index is 13.3. The van der Waals surface area contributed by atoms with Gasteiger partial charge in [-0.15, -0.1) is 0 Å². The number of halogens is 2. The summed E-state index contributed by atoms with van der Waals surface area (Å²) in [5, 5.41) is 9.94. The first kappa shape index (κ1) is 17.4. The predicted octanol–water partition coefficient (Wildman–Crippen LogP) is 4.00. The third-order valence-electron chi connectivity index (χ3n) is 3.96. The number of ether oxygens (including phenoxy) is 2. The number of hydrogen-bond acceptors (Lipinski definition) is 4. The summed E-state index contributed by atoms with van der Waals surface area (Å²) in [4.78, 5) is 12.4. The van der Waals surface area contributed by atoms with Gasteiger partial charge in [-0.2, -0.15) is 0 Å². The number of benzene rings is 2. The van der Waals surface area contributed by atoms with Crippen molar-refractivity contribution in [3.05, 3.63) is 59.2 Å². The third-order valence-corrected chi connectivity index (χ3v) is 3.96. The zero-order valence-electron chi connectivity index (χ0n) is 13.5. The van der Waals surface area contributed by atoms with E-state index < -0.39 is 17.4 Å². The molecular weight excluding hydrogens is 330 g/mol. The molecule has 0 saturated carbocycles. The van der Waals surface area contributed by atoms with Gasteiger partial charge in [0.15, 0.2) is 12.1 Å². The second-order valence-electron chi connectivity index (χ2n) is 5.97. The molecule has 0 aliphatic carbocycles. The van der Waals surface area contributed by atoms with Crippen LogP contribution in [-0.2, 0) is 11.2 Å². The van der Waals surface area contributed by atoms with Gasteiger partial charge in [0.1, 0.15) is 23.1 Å². The molecule has 4 nitrogen and oxygen atoms in total. The molecule has 2 aromatic carbocycles. The fraction of sp³-hybridized carbons (Fsp3) is 0.316. The highest BCUT2D eigenvalue weighted by Crippen LogP contribution is 2.27. The fourth-order valence-corrected chi connectivity index (χ4v) is 2.76. The number of rotatable bonds is 5. The van der Waals surface area contributed by atoms with E-state index in [0.29, 0.717) is 12.4 Å². The van der Waals surface area contributed by atoms with E-state index in [0.717, 1.165) is 37.5 Å². The summed E-state index contributed by atoms with van der Waals surface area (Å²) >= 11 is 0. The maximum Gasteiger partial charge on any atom is 0.199 e. The third kappa shape index (κ3) is 4.54. The minimum absolute atomic E-state index is 0.0398. The Hall–Kier alpha value is -2.47. The molecule has 1 aliphatic heterocycles. The first-order chi connectivity index (χ1) is 12.0. The SMILES string of the molecule is O=C(Cc1cc(F)cc(F)c1)c1cc(OC2CCCCO2)ccc1O. The summed E-state index contributed by atoms with van der Waals surface area (Å²) in [6.07, 6.45) is 2.14. The van der Waals surface area contributed by atoms with Gasteiger partial charge < -0.3 is 14.6 Å². The van der Waals surface area contributed by atoms with Crippen molar-refractivity contribution in [2.24, 2.45) is 0 Å². The van der Waals surface area contributed by atoms with Crippen LogP contribution in [0.2, 0.25) is 0 Å². The van der Waals surface area contributed by atoms with Crippen LogP contribution in [0, 0.1) is 11.6 Å². The number of phenolic OH excluding ortho intramolecular Hbond substituents is 1. The largest absolute Gasteiger partial charge is 0.507 e. The molecule has 1 heterocycles. The molecule has 1 saturated heterocycles. The predicted molar refractivity (Wildman–Crippen MR) is 86.7 cm³/mol. The van der Waals surface area contributed by atoms with Crippen LogP contribution >= 0.6 is 0 Å². The van der Waals surface area contributed by atoms with Crippen molar-refractivity contribution in [3.63, 3.8) is 0 Å². The van der Waals surface area contributed by atoms with Crippen molar-refractivity contribution in [1.29, 1.82) is 0 Å². The second-order valence-corrected chi connectivity index (χ2v) is 5.97. The number of carbonyl (C=O) groups is 1. The highest BCUT2D eigenvalue weighted by Gasteiger charge is 2.18. The Bertz CT molecular complexity index is 750. The highest BCUT2D eigenvalue weighted by atomic mass is 19.1. The number of ketones is 1. The van der Waals surface area contributed by atoms with Gasteiger partial charge in [0.2, 0.25) is 0 Å². The van der Waals surface area contributed by atoms with E-state index in [9.17, 15) is 18.7 Å². The van der Waals surface area contributed by atoms with E-state index in [1.54, 1.807) is 6.07 Å². The van der Waals surface area contributed by atoms with E-state index in [4.69, 9.17) is 9.47 Å². The number of carbonyl (C=O) groups excluding carboxylic acids is 1. The lowest BCUT2D eigenvalue weighted by Gasteiger charge is -2.23. The lowest BCUT2D eigenvalue weighted by atomic mass is 10.0. The molecule has 0 amide bonds. The Morgan fingerprint density at radius 3 is 2.60 bits per heavy atom. The van der Waals surface area contributed by atoms with E-state index >= 15 is 0 Å². The summed E-state index contributed by atoms with van der Waals surface area (Å²) < 4.78 is 37.7. The van der Waals surface area contributed by atoms with E-state index in [-0.39, 0.29) is 29.6 Å². The minimum atomic E-state index is -0.751. The summed E-state index contributed by atoms with van der Waals surface area (Å²) in [7, 11) is 0. The van der Waals surface area contributed by atoms with Crippen LogP contribution in [-0.4, -0.2) is 23.8 Å². The maximum atomic E-state index is 13.3. The summed E-state index contributed by atoms with van der Waals surface area (Å²) in [6.45, 7) is 0.625. The van der Waals surface area contributed by atoms with Gasteiger partial charge in [-0.3, -0.25) is 4.79 Å². The summed E-state index contributed by atoms with van der Waals surface area (Å²) in [6, 6.07) is 7.25. The summed E-state index contributed by atoms with van der Waals surface area (Å²) in [5.74, 6) is -1.77. The number of aromatic hydroxyl groups is 1. The van der Waals surface area contributed by atoms with Crippen molar-refractivity contribution >= 4 is 5.78 Å². The standard InChI is InChI=1S/C19H18F2O4/c20-13-7-12(8-14(21)10-13)9-18(23)16-11-15(4-5-17(16)22)25-19-3-1-2-6-24-19/h4-5,7-8,10-11,19,22H,1-3,6,9H2. The topological polar surface area (TPSA) is 55.8 Å². The van der Waals surface area contributed by atoms with Crippen LogP contribution in [0.15, 0.2) is 36.4 Å². The van der Waals surface area contributed by atoms with Crippen molar-refractivity contribution in [3.8, 4) is 11.5 Å². The highest BCUT2D eigenvalue weighted by molar-refractivity contribution is 6.00. The summed E-state index contributed by atoms with van der Waals surface area (Å²) in [5.41, 5.74) is 0.238. The van der Waals surface area contributed by atoms with Gasteiger partial charge in [-0.25, -0.2) is 8.78 Å². The van der Waals surface area contributed by atoms with Crippen LogP contribution < -0.4 is 4.74 Å². The van der Waals surface area contributed by atoms with Crippen LogP contribution in [0.1, 0.15) is 35.2 Å². The molecule has 0 radical (unpaired) electrons. The Morgan fingerprint density at radius 1 is 1.16 bits per heavy atom. The molecular formula is C19H18F2O4. The van der Waals surface area contributed by atoms with Crippen molar-refractivity contribution in [2.75, 3.05) is 6.61 Å². The van der Waals surface area contributed by atoms with Gasteiger partial charge in [-0.05, 0) is 48.7 Å². The van der Waals surface area contributed by atoms with Gasteiger partial charge in [0, 0.05) is 18.9 Å². The zero-order valence-corrected chi connectivity index (χ0v) is 13.5. The fourth-order valence-electron chi connectivity index (χ4n) is 2.76. The zero-order chi connectivity index (χ0) is 17.8. The lowest BCUT2D eigenvalue weighted by Crippen LogP contribution is -2.25. The van der Waals surface area contributed by atoms with Crippen molar-refractivity contribution in [1.82, 2.24) is 0 Å². The van der Waals surface area contributed by atoms with E-state index in [1.165, 1.54) is 12.1 Å². The number of Topliss-reactive ketones (excluding diaryl/α,β-unsaturated/α-hetero) is 1. The quantitative estimate of drug-likeness (QED) is 0.830. The molecule has 1 N–H and O–H groups in total. The van der Waals surface area contributed by atoms with Crippen LogP contribution in [0.25, 0.3) is 0 Å². The molecule has 0 bridgehead atoms. The van der Waals surface area contributed by atoms with Crippen LogP contribution in [0.4, 0.5) is 8.78 Å². The van der Waals surface area contributed by atoms with E-state index in [1.807, 2.05) is 0 Å². The Balaban J connectivity index is 1.75. The van der Waals surface area contributed by atoms with Crippen molar-refractivity contribution < 1.29 is 28.2 Å². The monoisotopic (exact) mass is 348 g/mol. The molecule has 3 rings (SSSR count). The average molecular weight is 348 g/mol. The molecule has 1 unspecified atom stereocenters. The smallest absolute Gasteiger partial charge is 0.199 e. The van der Waals surface area contributed by atoms with Gasteiger partial charge in [0.25, 0.3) is 0 Å². The number of hydrogen-bond donors (Lipinski definition) is 1. The molecule has 132 valence electrons. The molecule has 0 spiro atoms. The molecule has 1 aliphatic rings. The second kappa shape index (κ2) is 7.61. The van der Waals surface area contributed by atoms with Gasteiger partial charge >= 0.3 is 0 Å². The molecule has 6 heteroatoms.